The molecule has 0 bridgehead atoms. The number of rotatable bonds is 2. The van der Waals surface area contributed by atoms with Crippen molar-refractivity contribution in [2.45, 2.75) is 20.1 Å². The summed E-state index contributed by atoms with van der Waals surface area (Å²) in [4.78, 5) is 0. The first-order valence-electron chi connectivity index (χ1n) is 8.87. The second kappa shape index (κ2) is 2.74. The molecular weight excluding hydrogens is 122 g/mol. The van der Waals surface area contributed by atoms with Gasteiger partial charge in [0, 0.05) is 16.7 Å². The van der Waals surface area contributed by atoms with Gasteiger partial charge in [-0.05, 0) is 24.4 Å². The van der Waals surface area contributed by atoms with Crippen molar-refractivity contribution in [3.63, 3.8) is 0 Å². The maximum absolute atomic E-state index is 7.73. The van der Waals surface area contributed by atoms with E-state index in [9.17, 15) is 0 Å². The zero-order valence-electron chi connectivity index (χ0n) is 17.9. The van der Waals surface area contributed by atoms with E-state index in [0.717, 1.165) is 0 Å². The van der Waals surface area contributed by atoms with Gasteiger partial charge in [-0.2, -0.15) is 0 Å². The first kappa shape index (κ1) is 1.20. The smallest absolute Gasteiger partial charge is 0.156 e. The van der Waals surface area contributed by atoms with Crippen LogP contribution < -0.4 is 5.72 Å². The van der Waals surface area contributed by atoms with Crippen LogP contribution in [0.25, 0.3) is 0 Å². The Morgan fingerprint density at radius 1 is 1.90 bits per heavy atom. The van der Waals surface area contributed by atoms with E-state index in [4.69, 9.17) is 17.9 Å². The third-order valence-corrected chi connectivity index (χ3v) is 0.974. The normalized spacial score (nSPS) is 32.2. The number of nitrogen functional groups attached to an aromatic ring is 1. The van der Waals surface area contributed by atoms with E-state index in [-0.39, 0.29) is 5.72 Å². The number of anilines is 1. The quantitative estimate of drug-likeness (QED) is 0.639. The Hall–Kier alpha value is -0.980. The van der Waals surface area contributed by atoms with Gasteiger partial charge >= 0.3 is 0 Å². The molecule has 0 fully saturated rings. The van der Waals surface area contributed by atoms with Gasteiger partial charge in [0.15, 0.2) is 2.82 Å². The molecule has 0 aliphatic carbocycles. The minimum absolute atomic E-state index is 0.337. The van der Waals surface area contributed by atoms with E-state index in [1.54, 1.807) is 0 Å². The molecule has 0 saturated heterocycles. The summed E-state index contributed by atoms with van der Waals surface area (Å²) in [5.74, 6) is 0. The molecule has 1 rings (SSSR count). The summed E-state index contributed by atoms with van der Waals surface area (Å²) in [5.41, 5.74) is -3.46. The van der Waals surface area contributed by atoms with E-state index in [0.29, 0.717) is 0 Å². The monoisotopic (exact) mass is 148 g/mol. The van der Waals surface area contributed by atoms with Gasteiger partial charge < -0.3 is 5.72 Å². The highest BCUT2D eigenvalue weighted by Crippen LogP contribution is 2.15. The molecule has 1 aromatic rings. The second-order valence-electron chi connectivity index (χ2n) is 1.60. The number of hydrogen-bond acceptors (Lipinski definition) is 1. The van der Waals surface area contributed by atoms with Crippen molar-refractivity contribution >= 4 is 5.69 Å². The predicted molar refractivity (Wildman–Crippen MR) is 45.0 cm³/mol. The van der Waals surface area contributed by atoms with E-state index in [1.165, 1.54) is 0 Å². The molecule has 1 heteroatoms. The van der Waals surface area contributed by atoms with Gasteiger partial charge in [0.25, 0.3) is 0 Å². The van der Waals surface area contributed by atoms with Crippen molar-refractivity contribution in [1.82, 2.24) is 0 Å². The fourth-order valence-electron chi connectivity index (χ4n) is 0.490. The van der Waals surface area contributed by atoms with Gasteiger partial charge in [0.05, 0.1) is 4.11 Å². The lowest BCUT2D eigenvalue weighted by Gasteiger charge is -2.04. The van der Waals surface area contributed by atoms with Crippen molar-refractivity contribution in [1.29, 1.82) is 0 Å². The van der Waals surface area contributed by atoms with Crippen molar-refractivity contribution in [2.75, 3.05) is 5.72 Å². The van der Waals surface area contributed by atoms with Gasteiger partial charge in [-0.3, -0.25) is 0 Å². The van der Waals surface area contributed by atoms with Crippen LogP contribution in [0.15, 0.2) is 18.1 Å². The Kier molecular flexibility index (Phi) is 0.327. The summed E-state index contributed by atoms with van der Waals surface area (Å²) < 4.78 is 96.9. The third-order valence-electron chi connectivity index (χ3n) is 0.974. The molecule has 0 heterocycles. The van der Waals surface area contributed by atoms with Crippen LogP contribution in [0.2, 0.25) is 2.82 Å². The van der Waals surface area contributed by atoms with Crippen LogP contribution in [0.1, 0.15) is 33.1 Å². The van der Waals surface area contributed by atoms with E-state index in [1.807, 2.05) is 0 Å². The molecule has 0 unspecified atom stereocenters. The molecular formula is C9H13N. The van der Waals surface area contributed by atoms with Crippen LogP contribution in [-0.2, 0) is 6.37 Å². The molecule has 1 aromatic carbocycles. The average Bonchev–Trinajstić information content (AvgIpc) is 2.31. The molecule has 0 aliphatic heterocycles. The Labute approximate surface area is 80.2 Å². The highest BCUT2D eigenvalue weighted by Gasteiger charge is 1.96. The minimum atomic E-state index is -3.34. The van der Waals surface area contributed by atoms with Crippen LogP contribution in [0.4, 0.5) is 5.69 Å². The van der Waals surface area contributed by atoms with Gasteiger partial charge in [-0.1, -0.05) is 25.0 Å². The lowest BCUT2D eigenvalue weighted by Crippen LogP contribution is -1.94. The molecule has 0 spiro atoms. The molecule has 0 radical (unpaired) electrons. The van der Waals surface area contributed by atoms with Gasteiger partial charge in [-0.25, -0.2) is 0 Å². The Balaban J connectivity index is 4.10. The first-order valence-corrected chi connectivity index (χ1v) is 2.47. The fraction of sp³-hybridized carbons (Fsp3) is 0.333. The summed E-state index contributed by atoms with van der Waals surface area (Å²) in [6, 6.07) is -2.99. The molecule has 2 N–H and O–H groups in total. The lowest BCUT2D eigenvalue weighted by molar-refractivity contribution is 1.14. The van der Waals surface area contributed by atoms with Crippen molar-refractivity contribution in [2.24, 2.45) is 0 Å². The number of para-hydroxylation sites is 1. The second-order valence-corrected chi connectivity index (χ2v) is 1.60. The van der Waals surface area contributed by atoms with Crippen molar-refractivity contribution in [3.8, 4) is 0 Å². The number of nitrogens with two attached hydrogens (primary N) is 1. The fourth-order valence-corrected chi connectivity index (χ4v) is 0.490. The molecule has 0 aromatic heterocycles. The summed E-state index contributed by atoms with van der Waals surface area (Å²) in [5, 5.41) is 0. The zero-order valence-corrected chi connectivity index (χ0v) is 4.95. The minimum Gasteiger partial charge on any atom is -0.398 e. The zero-order chi connectivity index (χ0) is 18.5. The van der Waals surface area contributed by atoms with Gasteiger partial charge in [0.1, 0.15) is 0 Å². The molecule has 54 valence electrons. The Morgan fingerprint density at radius 3 is 3.60 bits per heavy atom. The number of benzene rings is 1. The topological polar surface area (TPSA) is 26.0 Å². The Morgan fingerprint density at radius 2 is 2.90 bits per heavy atom. The highest BCUT2D eigenvalue weighted by atomic mass is 14.6. The molecule has 1 nitrogen and oxygen atoms in total. The summed E-state index contributed by atoms with van der Waals surface area (Å²) in [6.07, 6.45) is -3.29. The molecule has 0 atom stereocenters. The molecule has 0 aliphatic rings. The molecule has 0 saturated carbocycles. The number of hydrogen-bond donors (Lipinski definition) is 1. The largest absolute Gasteiger partial charge is 0.398 e. The SMILES string of the molecule is [2H]c1c([2H])c(C([2H])([2H])[2H])c(N([2H])[2H])c(C([2H])([2H])C([2H])([2H])[2H])c1[2H]. The third kappa shape index (κ3) is 1.13. The van der Waals surface area contributed by atoms with Gasteiger partial charge in [0.2, 0.25) is 0 Å². The lowest BCUT2D eigenvalue weighted by atomic mass is 10.1. The van der Waals surface area contributed by atoms with Crippen LogP contribution in [0, 0.1) is 6.85 Å². The predicted octanol–water partition coefficient (Wildman–Crippen LogP) is 2.14. The van der Waals surface area contributed by atoms with E-state index in [2.05, 4.69) is 0 Å². The van der Waals surface area contributed by atoms with Crippen LogP contribution >= 0.6 is 0 Å². The maximum Gasteiger partial charge on any atom is 0.156 e. The van der Waals surface area contributed by atoms with E-state index >= 15 is 0 Å². The highest BCUT2D eigenvalue weighted by molar-refractivity contribution is 5.52. The summed E-state index contributed by atoms with van der Waals surface area (Å²) >= 11 is 0. The van der Waals surface area contributed by atoms with Crippen LogP contribution in [0.5, 0.6) is 0 Å². The van der Waals surface area contributed by atoms with E-state index < -0.39 is 55.0 Å². The van der Waals surface area contributed by atoms with Crippen molar-refractivity contribution < 1.29 is 17.9 Å². The summed E-state index contributed by atoms with van der Waals surface area (Å²) in [6.45, 7) is -6.44. The first-order chi connectivity index (χ1) is 10.0. The summed E-state index contributed by atoms with van der Waals surface area (Å²) in [7, 11) is 0. The molecule has 0 amide bonds. The Bertz CT molecular complexity index is 612. The maximum atomic E-state index is 7.73. The molecule has 10 heavy (non-hydrogen) atoms. The van der Waals surface area contributed by atoms with Gasteiger partial charge in [-0.15, -0.1) is 0 Å². The average molecular weight is 148 g/mol. The van der Waals surface area contributed by atoms with Crippen LogP contribution in [-0.4, -0.2) is 0 Å². The standard InChI is InChI=1S/C9H13N/c1-3-8-6-4-5-7(2)9(8)10/h4-6H,3,10H2,1-2H3/i1D3,2D3,3D2,4D,5D,6D/hD2. The van der Waals surface area contributed by atoms with Crippen molar-refractivity contribution in [3.05, 3.63) is 29.3 Å². The van der Waals surface area contributed by atoms with Crippen LogP contribution in [0.3, 0.4) is 0 Å².